The third-order valence-corrected chi connectivity index (χ3v) is 4.68. The number of aliphatic hydroxyl groups is 1. The Bertz CT molecular complexity index is 1010. The molecule has 144 valence electrons. The van der Waals surface area contributed by atoms with E-state index in [0.717, 1.165) is 26.9 Å². The summed E-state index contributed by atoms with van der Waals surface area (Å²) in [5.74, 6) is -1.87. The SMILES string of the molecule is CNC(=O)C(C(=O)CO)N(C)C(=O)c1ccc(-c2ccc3[nH]ccc3c2)cc1. The summed E-state index contributed by atoms with van der Waals surface area (Å²) < 4.78 is 0. The van der Waals surface area contributed by atoms with E-state index in [0.29, 0.717) is 5.56 Å². The van der Waals surface area contributed by atoms with Crippen molar-refractivity contribution in [1.82, 2.24) is 15.2 Å². The zero-order chi connectivity index (χ0) is 20.3. The third-order valence-electron chi connectivity index (χ3n) is 4.68. The molecule has 2 aromatic carbocycles. The van der Waals surface area contributed by atoms with Crippen molar-refractivity contribution in [2.24, 2.45) is 0 Å². The highest BCUT2D eigenvalue weighted by Gasteiger charge is 2.32. The van der Waals surface area contributed by atoms with Gasteiger partial charge in [-0.3, -0.25) is 14.4 Å². The van der Waals surface area contributed by atoms with Crippen LogP contribution in [0.25, 0.3) is 22.0 Å². The fraction of sp³-hybridized carbons (Fsp3) is 0.190. The third kappa shape index (κ3) is 3.65. The van der Waals surface area contributed by atoms with Crippen molar-refractivity contribution in [3.05, 3.63) is 60.3 Å². The number of amides is 2. The predicted molar refractivity (Wildman–Crippen MR) is 106 cm³/mol. The molecule has 7 nitrogen and oxygen atoms in total. The Morgan fingerprint density at radius 3 is 2.39 bits per heavy atom. The molecule has 7 heteroatoms. The summed E-state index contributed by atoms with van der Waals surface area (Å²) in [6.07, 6.45) is 1.88. The molecule has 0 aliphatic heterocycles. The molecule has 0 radical (unpaired) electrons. The highest BCUT2D eigenvalue weighted by Crippen LogP contribution is 2.24. The van der Waals surface area contributed by atoms with E-state index in [4.69, 9.17) is 5.11 Å². The van der Waals surface area contributed by atoms with E-state index < -0.39 is 30.2 Å². The van der Waals surface area contributed by atoms with E-state index in [1.807, 2.05) is 36.5 Å². The normalized spacial score (nSPS) is 11.8. The first kappa shape index (κ1) is 19.3. The highest BCUT2D eigenvalue weighted by atomic mass is 16.3. The minimum atomic E-state index is -1.38. The van der Waals surface area contributed by atoms with Gasteiger partial charge in [0, 0.05) is 31.4 Å². The van der Waals surface area contributed by atoms with Crippen LogP contribution in [0.15, 0.2) is 54.7 Å². The van der Waals surface area contributed by atoms with Gasteiger partial charge < -0.3 is 20.3 Å². The molecule has 0 fully saturated rings. The molecule has 1 atom stereocenters. The van der Waals surface area contributed by atoms with Gasteiger partial charge in [-0.15, -0.1) is 0 Å². The molecule has 1 unspecified atom stereocenters. The van der Waals surface area contributed by atoms with E-state index >= 15 is 0 Å². The summed E-state index contributed by atoms with van der Waals surface area (Å²) in [5, 5.41) is 12.5. The topological polar surface area (TPSA) is 102 Å². The number of nitrogens with zero attached hydrogens (tertiary/aromatic N) is 1. The van der Waals surface area contributed by atoms with Crippen molar-refractivity contribution in [2.45, 2.75) is 6.04 Å². The van der Waals surface area contributed by atoms with Crippen molar-refractivity contribution >= 4 is 28.5 Å². The fourth-order valence-corrected chi connectivity index (χ4v) is 3.12. The van der Waals surface area contributed by atoms with Crippen LogP contribution in [0.4, 0.5) is 0 Å². The van der Waals surface area contributed by atoms with Crippen molar-refractivity contribution in [2.75, 3.05) is 20.7 Å². The van der Waals surface area contributed by atoms with E-state index in [2.05, 4.69) is 16.4 Å². The second kappa shape index (κ2) is 8.06. The number of aromatic nitrogens is 1. The number of H-pyrrole nitrogens is 1. The molecule has 0 saturated carbocycles. The average molecular weight is 379 g/mol. The molecule has 1 aromatic heterocycles. The maximum Gasteiger partial charge on any atom is 0.254 e. The van der Waals surface area contributed by atoms with Gasteiger partial charge in [-0.1, -0.05) is 18.2 Å². The second-order valence-corrected chi connectivity index (χ2v) is 6.41. The first-order valence-electron chi connectivity index (χ1n) is 8.76. The van der Waals surface area contributed by atoms with Gasteiger partial charge in [0.05, 0.1) is 0 Å². The fourth-order valence-electron chi connectivity index (χ4n) is 3.12. The monoisotopic (exact) mass is 379 g/mol. The summed E-state index contributed by atoms with van der Waals surface area (Å²) in [7, 11) is 2.73. The van der Waals surface area contributed by atoms with Crippen molar-refractivity contribution in [1.29, 1.82) is 0 Å². The Hall–Kier alpha value is -3.45. The van der Waals surface area contributed by atoms with E-state index in [9.17, 15) is 14.4 Å². The maximum absolute atomic E-state index is 12.7. The number of carbonyl (C=O) groups excluding carboxylic acids is 3. The number of Topliss-reactive ketones (excluding diaryl/α,β-unsaturated/α-hetero) is 1. The van der Waals surface area contributed by atoms with Crippen LogP contribution in [0.1, 0.15) is 10.4 Å². The van der Waals surface area contributed by atoms with Gasteiger partial charge in [-0.25, -0.2) is 0 Å². The number of likely N-dealkylation sites (N-methyl/N-ethyl adjacent to an activating group) is 2. The molecule has 3 rings (SSSR count). The van der Waals surface area contributed by atoms with E-state index in [1.165, 1.54) is 14.1 Å². The number of aromatic amines is 1. The zero-order valence-corrected chi connectivity index (χ0v) is 15.6. The Morgan fingerprint density at radius 2 is 1.75 bits per heavy atom. The predicted octanol–water partition coefficient (Wildman–Crippen LogP) is 1.58. The molecule has 28 heavy (non-hydrogen) atoms. The Balaban J connectivity index is 1.84. The van der Waals surface area contributed by atoms with Gasteiger partial charge in [-0.05, 0) is 46.8 Å². The molecule has 0 spiro atoms. The summed E-state index contributed by atoms with van der Waals surface area (Å²) in [6, 6.07) is 13.6. The van der Waals surface area contributed by atoms with Crippen LogP contribution in [0, 0.1) is 0 Å². The molecular weight excluding hydrogens is 358 g/mol. The minimum Gasteiger partial charge on any atom is -0.388 e. The number of carbonyl (C=O) groups is 3. The standard InChI is InChI=1S/C21H21N3O4/c1-22-20(27)19(18(26)12-25)24(2)21(28)14-5-3-13(4-6-14)15-7-8-17-16(11-15)9-10-23-17/h3-11,19,23,25H,12H2,1-2H3,(H,22,27). The van der Waals surface area contributed by atoms with Crippen LogP contribution in [0.2, 0.25) is 0 Å². The Kier molecular flexibility index (Phi) is 5.56. The highest BCUT2D eigenvalue weighted by molar-refractivity contribution is 6.10. The van der Waals surface area contributed by atoms with Crippen LogP contribution in [0.3, 0.4) is 0 Å². The number of benzene rings is 2. The van der Waals surface area contributed by atoms with Gasteiger partial charge >= 0.3 is 0 Å². The van der Waals surface area contributed by atoms with Crippen LogP contribution in [-0.4, -0.2) is 59.3 Å². The lowest BCUT2D eigenvalue weighted by atomic mass is 10.0. The molecule has 0 aliphatic rings. The molecule has 1 heterocycles. The number of ketones is 1. The number of hydrogen-bond acceptors (Lipinski definition) is 4. The lowest BCUT2D eigenvalue weighted by Gasteiger charge is -2.25. The summed E-state index contributed by atoms with van der Waals surface area (Å²) >= 11 is 0. The molecule has 3 aromatic rings. The number of fused-ring (bicyclic) bond motifs is 1. The van der Waals surface area contributed by atoms with Crippen molar-refractivity contribution in [3.63, 3.8) is 0 Å². The number of aliphatic hydroxyl groups excluding tert-OH is 1. The van der Waals surface area contributed by atoms with Crippen molar-refractivity contribution < 1.29 is 19.5 Å². The molecule has 3 N–H and O–H groups in total. The summed E-state index contributed by atoms with van der Waals surface area (Å²) in [5.41, 5.74) is 3.34. The van der Waals surface area contributed by atoms with Gasteiger partial charge in [0.1, 0.15) is 6.61 Å². The molecular formula is C21H21N3O4. The van der Waals surface area contributed by atoms with Gasteiger partial charge in [-0.2, -0.15) is 0 Å². The molecule has 2 amide bonds. The molecule has 0 aliphatic carbocycles. The quantitative estimate of drug-likeness (QED) is 0.566. The minimum absolute atomic E-state index is 0.341. The van der Waals surface area contributed by atoms with E-state index in [1.54, 1.807) is 12.1 Å². The molecule has 0 bridgehead atoms. The number of nitrogens with one attached hydrogen (secondary N) is 2. The van der Waals surface area contributed by atoms with Crippen LogP contribution >= 0.6 is 0 Å². The number of hydrogen-bond donors (Lipinski definition) is 3. The largest absolute Gasteiger partial charge is 0.388 e. The van der Waals surface area contributed by atoms with Crippen LogP contribution in [-0.2, 0) is 9.59 Å². The lowest BCUT2D eigenvalue weighted by Crippen LogP contribution is -2.52. The van der Waals surface area contributed by atoms with Gasteiger partial charge in [0.2, 0.25) is 5.91 Å². The van der Waals surface area contributed by atoms with Gasteiger partial charge in [0.15, 0.2) is 11.8 Å². The average Bonchev–Trinajstić information content (AvgIpc) is 3.20. The maximum atomic E-state index is 12.7. The zero-order valence-electron chi connectivity index (χ0n) is 15.6. The smallest absolute Gasteiger partial charge is 0.254 e. The Morgan fingerprint density at radius 1 is 1.07 bits per heavy atom. The summed E-state index contributed by atoms with van der Waals surface area (Å²) in [6.45, 7) is -0.823. The van der Waals surface area contributed by atoms with Crippen molar-refractivity contribution in [3.8, 4) is 11.1 Å². The number of rotatable bonds is 6. The lowest BCUT2D eigenvalue weighted by molar-refractivity contribution is -0.135. The van der Waals surface area contributed by atoms with E-state index in [-0.39, 0.29) is 0 Å². The van der Waals surface area contributed by atoms with Gasteiger partial charge in [0.25, 0.3) is 5.91 Å². The van der Waals surface area contributed by atoms with Crippen LogP contribution < -0.4 is 5.32 Å². The summed E-state index contributed by atoms with van der Waals surface area (Å²) in [4.78, 5) is 40.8. The Labute approximate surface area is 162 Å². The first-order valence-corrected chi connectivity index (χ1v) is 8.76. The second-order valence-electron chi connectivity index (χ2n) is 6.41. The first-order chi connectivity index (χ1) is 13.5. The molecule has 0 saturated heterocycles. The van der Waals surface area contributed by atoms with Crippen LogP contribution in [0.5, 0.6) is 0 Å².